The zero-order valence-electron chi connectivity index (χ0n) is 7.83. The number of carbonyl (C=O) groups is 1. The Morgan fingerprint density at radius 2 is 1.92 bits per heavy atom. The van der Waals surface area contributed by atoms with Gasteiger partial charge >= 0.3 is 13.9 Å². The first-order valence-electron chi connectivity index (χ1n) is 3.81. The second-order valence-corrected chi connectivity index (χ2v) is 4.09. The van der Waals surface area contributed by atoms with Gasteiger partial charge in [0.25, 0.3) is 0 Å². The van der Waals surface area contributed by atoms with Crippen LogP contribution in [0.5, 0.6) is 0 Å². The fraction of sp³-hybridized carbons (Fsp3) is 0.857. The third-order valence-corrected chi connectivity index (χ3v) is 1.83. The van der Waals surface area contributed by atoms with Gasteiger partial charge in [-0.1, -0.05) is 9.65 Å². The molecular formula is C7H15NO3P+. The summed E-state index contributed by atoms with van der Waals surface area (Å²) in [5.41, 5.74) is 0. The molecule has 0 aliphatic rings. The van der Waals surface area contributed by atoms with Gasteiger partial charge in [-0.15, -0.1) is 0 Å². The van der Waals surface area contributed by atoms with Gasteiger partial charge in [-0.2, -0.15) is 0 Å². The van der Waals surface area contributed by atoms with Crippen molar-refractivity contribution in [1.29, 1.82) is 0 Å². The molecule has 0 aliphatic heterocycles. The van der Waals surface area contributed by atoms with Gasteiger partial charge in [0.2, 0.25) is 0 Å². The maximum Gasteiger partial charge on any atom is 0.429 e. The standard InChI is InChI=1S/C7H15NO3P/c1-5(2)11-7(9)6(3)8-12(4)10/h5-6H,1-4H3,(H,8,10)/q+1/t6-/m1/s1. The van der Waals surface area contributed by atoms with E-state index >= 15 is 0 Å². The molecule has 12 heavy (non-hydrogen) atoms. The van der Waals surface area contributed by atoms with E-state index in [0.29, 0.717) is 0 Å². The Morgan fingerprint density at radius 3 is 2.25 bits per heavy atom. The van der Waals surface area contributed by atoms with Crippen molar-refractivity contribution in [2.24, 2.45) is 0 Å². The lowest BCUT2D eigenvalue weighted by atomic mass is 10.4. The zero-order valence-corrected chi connectivity index (χ0v) is 8.72. The van der Waals surface area contributed by atoms with Crippen LogP contribution in [0.3, 0.4) is 0 Å². The maximum absolute atomic E-state index is 11.1. The molecule has 70 valence electrons. The Bertz CT molecular complexity index is 181. The highest BCUT2D eigenvalue weighted by atomic mass is 31.1. The maximum atomic E-state index is 11.1. The van der Waals surface area contributed by atoms with Crippen LogP contribution in [0.1, 0.15) is 20.8 Å². The van der Waals surface area contributed by atoms with Crippen LogP contribution in [0.2, 0.25) is 0 Å². The van der Waals surface area contributed by atoms with E-state index in [0.717, 1.165) is 0 Å². The van der Waals surface area contributed by atoms with E-state index in [1.165, 1.54) is 6.66 Å². The van der Waals surface area contributed by atoms with Crippen molar-refractivity contribution in [2.75, 3.05) is 6.66 Å². The monoisotopic (exact) mass is 192 g/mol. The molecule has 1 unspecified atom stereocenters. The van der Waals surface area contributed by atoms with Gasteiger partial charge < -0.3 is 4.74 Å². The summed E-state index contributed by atoms with van der Waals surface area (Å²) in [5, 5.41) is 2.58. The molecule has 0 radical (unpaired) electrons. The molecule has 0 bridgehead atoms. The quantitative estimate of drug-likeness (QED) is 0.538. The number of carbonyl (C=O) groups excluding carboxylic acids is 1. The molecule has 0 heterocycles. The third kappa shape index (κ3) is 5.22. The molecule has 4 nitrogen and oxygen atoms in total. The van der Waals surface area contributed by atoms with Crippen LogP contribution in [0.4, 0.5) is 0 Å². The first kappa shape index (κ1) is 11.5. The highest BCUT2D eigenvalue weighted by molar-refractivity contribution is 7.41. The third-order valence-electron chi connectivity index (χ3n) is 1.08. The van der Waals surface area contributed by atoms with Gasteiger partial charge in [-0.25, -0.2) is 0 Å². The molecular weight excluding hydrogens is 177 g/mol. The molecule has 0 amide bonds. The minimum absolute atomic E-state index is 0.128. The van der Waals surface area contributed by atoms with Crippen LogP contribution in [-0.4, -0.2) is 24.8 Å². The second kappa shape index (κ2) is 5.22. The van der Waals surface area contributed by atoms with Crippen LogP contribution in [0.25, 0.3) is 0 Å². The smallest absolute Gasteiger partial charge is 0.429 e. The molecule has 2 atom stereocenters. The summed E-state index contributed by atoms with van der Waals surface area (Å²) in [5.74, 6) is -0.366. The van der Waals surface area contributed by atoms with Gasteiger partial charge in [0, 0.05) is 0 Å². The molecule has 0 aliphatic carbocycles. The number of rotatable bonds is 4. The van der Waals surface area contributed by atoms with Gasteiger partial charge in [0.15, 0.2) is 6.66 Å². The van der Waals surface area contributed by atoms with Crippen molar-refractivity contribution in [3.8, 4) is 0 Å². The van der Waals surface area contributed by atoms with Crippen LogP contribution in [-0.2, 0) is 14.1 Å². The van der Waals surface area contributed by atoms with Crippen molar-refractivity contribution in [3.05, 3.63) is 0 Å². The van der Waals surface area contributed by atoms with E-state index in [2.05, 4.69) is 5.09 Å². The molecule has 1 N–H and O–H groups in total. The largest absolute Gasteiger partial charge is 0.462 e. The topological polar surface area (TPSA) is 55.4 Å². The van der Waals surface area contributed by atoms with Crippen LogP contribution in [0.15, 0.2) is 0 Å². The van der Waals surface area contributed by atoms with E-state index < -0.39 is 14.0 Å². The highest BCUT2D eigenvalue weighted by Crippen LogP contribution is 2.08. The van der Waals surface area contributed by atoms with Crippen LogP contribution < -0.4 is 5.09 Å². The zero-order chi connectivity index (χ0) is 9.72. The van der Waals surface area contributed by atoms with Gasteiger partial charge in [0.05, 0.1) is 6.10 Å². The average Bonchev–Trinajstić information content (AvgIpc) is 1.84. The number of ether oxygens (including phenoxy) is 1. The summed E-state index contributed by atoms with van der Waals surface area (Å²) in [6.45, 7) is 6.68. The number of esters is 1. The van der Waals surface area contributed by atoms with E-state index in [1.54, 1.807) is 20.8 Å². The Morgan fingerprint density at radius 1 is 1.42 bits per heavy atom. The summed E-state index contributed by atoms with van der Waals surface area (Å²) in [7, 11) is -1.50. The molecule has 0 spiro atoms. The Balaban J connectivity index is 3.85. The normalized spacial score (nSPS) is 14.2. The van der Waals surface area contributed by atoms with Crippen LogP contribution in [0, 0.1) is 0 Å². The van der Waals surface area contributed by atoms with Crippen molar-refractivity contribution < 1.29 is 14.1 Å². The molecule has 0 saturated carbocycles. The Hall–Kier alpha value is -0.470. The number of hydrogen-bond acceptors (Lipinski definition) is 3. The van der Waals surface area contributed by atoms with Crippen molar-refractivity contribution in [1.82, 2.24) is 5.09 Å². The lowest BCUT2D eigenvalue weighted by Gasteiger charge is -2.10. The molecule has 5 heteroatoms. The minimum Gasteiger partial charge on any atom is -0.462 e. The van der Waals surface area contributed by atoms with Gasteiger partial charge in [-0.05, 0) is 20.8 Å². The van der Waals surface area contributed by atoms with Gasteiger partial charge in [-0.3, -0.25) is 4.79 Å². The lowest BCUT2D eigenvalue weighted by Crippen LogP contribution is -2.32. The van der Waals surface area contributed by atoms with Crippen molar-refractivity contribution in [3.63, 3.8) is 0 Å². The summed E-state index contributed by atoms with van der Waals surface area (Å²) >= 11 is 0. The SMILES string of the molecule is CC(C)OC(=O)[C@@H](C)N[P+](C)=O. The number of hydrogen-bond donors (Lipinski definition) is 1. The van der Waals surface area contributed by atoms with E-state index in [-0.39, 0.29) is 12.1 Å². The molecule has 0 rings (SSSR count). The average molecular weight is 192 g/mol. The van der Waals surface area contributed by atoms with Crippen molar-refractivity contribution >= 4 is 13.9 Å². The van der Waals surface area contributed by atoms with Gasteiger partial charge in [0.1, 0.15) is 6.04 Å². The Labute approximate surface area is 73.5 Å². The molecule has 0 aromatic heterocycles. The van der Waals surface area contributed by atoms with E-state index in [4.69, 9.17) is 4.74 Å². The predicted molar refractivity (Wildman–Crippen MR) is 47.4 cm³/mol. The Kier molecular flexibility index (Phi) is 5.02. The summed E-state index contributed by atoms with van der Waals surface area (Å²) in [6.07, 6.45) is -0.128. The first-order valence-corrected chi connectivity index (χ1v) is 5.51. The summed E-state index contributed by atoms with van der Waals surface area (Å²) in [4.78, 5) is 11.1. The van der Waals surface area contributed by atoms with E-state index in [1.807, 2.05) is 0 Å². The highest BCUT2D eigenvalue weighted by Gasteiger charge is 2.21. The fourth-order valence-electron chi connectivity index (χ4n) is 0.660. The van der Waals surface area contributed by atoms with Crippen LogP contribution >= 0.6 is 7.95 Å². The second-order valence-electron chi connectivity index (χ2n) is 2.83. The first-order chi connectivity index (χ1) is 5.43. The molecule has 0 aromatic rings. The van der Waals surface area contributed by atoms with E-state index in [9.17, 15) is 9.36 Å². The fourth-order valence-corrected chi connectivity index (χ4v) is 1.31. The number of nitrogens with one attached hydrogen (secondary N) is 1. The minimum atomic E-state index is -1.50. The summed E-state index contributed by atoms with van der Waals surface area (Å²) < 4.78 is 15.6. The van der Waals surface area contributed by atoms with Crippen molar-refractivity contribution in [2.45, 2.75) is 32.9 Å². The predicted octanol–water partition coefficient (Wildman–Crippen LogP) is 1.29. The lowest BCUT2D eigenvalue weighted by molar-refractivity contribution is -0.148. The molecule has 0 saturated heterocycles. The summed E-state index contributed by atoms with van der Waals surface area (Å²) in [6, 6.07) is -0.499. The molecule has 0 fully saturated rings. The molecule has 0 aromatic carbocycles.